The molecule has 29 heavy (non-hydrogen) atoms. The minimum atomic E-state index is -4.46. The number of fused-ring (bicyclic) bond motifs is 1. The minimum Gasteiger partial charge on any atom is -0.334 e. The van der Waals surface area contributed by atoms with E-state index in [1.165, 1.54) is 24.5 Å². The predicted molar refractivity (Wildman–Crippen MR) is 101 cm³/mol. The SMILES string of the molecule is NS(=O)(=O)c1cc2c(cc1Cl)NC(C(=O)NNC(=O)c1ccncc1)=NS2(=O)=O. The summed E-state index contributed by atoms with van der Waals surface area (Å²) in [6, 6.07) is 4.50. The Bertz CT molecular complexity index is 1260. The molecule has 0 radical (unpaired) electrons. The molecule has 0 fully saturated rings. The minimum absolute atomic E-state index is 0.192. The Labute approximate surface area is 169 Å². The van der Waals surface area contributed by atoms with Gasteiger partial charge in [0.25, 0.3) is 15.9 Å². The second-order valence-electron chi connectivity index (χ2n) is 5.51. The number of nitrogens with zero attached hydrogens (tertiary/aromatic N) is 2. The van der Waals surface area contributed by atoms with Gasteiger partial charge in [-0.15, -0.1) is 4.40 Å². The van der Waals surface area contributed by atoms with Crippen molar-refractivity contribution in [3.05, 3.63) is 47.2 Å². The maximum absolute atomic E-state index is 12.4. The number of carbonyl (C=O) groups excluding carboxylic acids is 2. The van der Waals surface area contributed by atoms with E-state index in [1.54, 1.807) is 0 Å². The number of nitrogens with one attached hydrogen (secondary N) is 3. The van der Waals surface area contributed by atoms with Crippen molar-refractivity contribution >= 4 is 55.0 Å². The van der Waals surface area contributed by atoms with E-state index in [2.05, 4.69) is 20.1 Å². The number of hydrogen-bond donors (Lipinski definition) is 4. The molecule has 3 rings (SSSR count). The van der Waals surface area contributed by atoms with Gasteiger partial charge in [-0.1, -0.05) is 11.6 Å². The average molecular weight is 459 g/mol. The maximum Gasteiger partial charge on any atom is 0.306 e. The zero-order valence-corrected chi connectivity index (χ0v) is 16.5. The Hall–Kier alpha value is -3.07. The number of primary sulfonamides is 1. The van der Waals surface area contributed by atoms with Crippen LogP contribution in [-0.4, -0.2) is 39.5 Å². The van der Waals surface area contributed by atoms with Crippen LogP contribution in [0.4, 0.5) is 5.69 Å². The van der Waals surface area contributed by atoms with Crippen molar-refractivity contribution in [2.75, 3.05) is 5.32 Å². The molecular formula is C14H11ClN6O6S2. The van der Waals surface area contributed by atoms with Crippen LogP contribution in [0, 0.1) is 0 Å². The number of rotatable bonds is 3. The van der Waals surface area contributed by atoms with E-state index in [1.807, 2.05) is 5.43 Å². The van der Waals surface area contributed by atoms with E-state index in [-0.39, 0.29) is 16.3 Å². The molecule has 0 bridgehead atoms. The van der Waals surface area contributed by atoms with Gasteiger partial charge in [0.15, 0.2) is 0 Å². The van der Waals surface area contributed by atoms with Gasteiger partial charge in [-0.25, -0.2) is 13.6 Å². The number of anilines is 1. The lowest BCUT2D eigenvalue weighted by Crippen LogP contribution is -2.47. The Kier molecular flexibility index (Phi) is 5.27. The number of amides is 2. The number of nitrogens with two attached hydrogens (primary N) is 1. The molecule has 0 saturated heterocycles. The van der Waals surface area contributed by atoms with E-state index in [0.717, 1.165) is 12.1 Å². The fourth-order valence-electron chi connectivity index (χ4n) is 2.23. The molecule has 0 aliphatic carbocycles. The summed E-state index contributed by atoms with van der Waals surface area (Å²) in [6.45, 7) is 0. The molecule has 2 aromatic rings. The van der Waals surface area contributed by atoms with Crippen molar-refractivity contribution in [3.8, 4) is 0 Å². The molecule has 0 saturated carbocycles. The zero-order valence-electron chi connectivity index (χ0n) is 14.1. The van der Waals surface area contributed by atoms with Gasteiger partial charge < -0.3 is 5.32 Å². The highest BCUT2D eigenvalue weighted by Gasteiger charge is 2.31. The number of carbonyl (C=O) groups is 2. The zero-order chi connectivity index (χ0) is 21.4. The van der Waals surface area contributed by atoms with E-state index < -0.39 is 47.5 Å². The number of sulfonamides is 2. The first-order chi connectivity index (χ1) is 13.5. The standard InChI is InChI=1S/C14H11ClN6O6S2/c15-8-5-9-11(6-10(8)28(16,24)25)29(26,27)21-12(18-9)14(23)20-19-13(22)7-1-3-17-4-2-7/h1-6H,(H,18,21)(H,19,22)(H,20,23)(H2,16,24,25). The Morgan fingerprint density at radius 1 is 1.10 bits per heavy atom. The van der Waals surface area contributed by atoms with E-state index >= 15 is 0 Å². The predicted octanol–water partition coefficient (Wildman–Crippen LogP) is -0.644. The summed E-state index contributed by atoms with van der Waals surface area (Å²) in [5, 5.41) is 7.05. The molecule has 12 nitrogen and oxygen atoms in total. The summed E-state index contributed by atoms with van der Waals surface area (Å²) in [7, 11) is -8.76. The highest BCUT2D eigenvalue weighted by molar-refractivity contribution is 7.91. The number of benzene rings is 1. The third kappa shape index (κ3) is 4.34. The lowest BCUT2D eigenvalue weighted by Gasteiger charge is -2.19. The summed E-state index contributed by atoms with van der Waals surface area (Å²) < 4.78 is 51.0. The maximum atomic E-state index is 12.4. The van der Waals surface area contributed by atoms with E-state index in [9.17, 15) is 26.4 Å². The number of amidine groups is 1. The summed E-state index contributed by atoms with van der Waals surface area (Å²) >= 11 is 5.84. The first-order valence-corrected chi connectivity index (χ1v) is 10.8. The number of pyridine rings is 1. The van der Waals surface area contributed by atoms with Crippen LogP contribution in [0.3, 0.4) is 0 Å². The van der Waals surface area contributed by atoms with Crippen molar-refractivity contribution in [3.63, 3.8) is 0 Å². The first kappa shape index (κ1) is 20.7. The Balaban J connectivity index is 1.84. The summed E-state index contributed by atoms with van der Waals surface area (Å²) in [5.41, 5.74) is 4.09. The monoisotopic (exact) mass is 458 g/mol. The summed E-state index contributed by atoms with van der Waals surface area (Å²) in [4.78, 5) is 26.7. The van der Waals surface area contributed by atoms with Crippen molar-refractivity contribution in [2.24, 2.45) is 9.54 Å². The number of hydrazine groups is 1. The van der Waals surface area contributed by atoms with Gasteiger partial charge >= 0.3 is 5.91 Å². The van der Waals surface area contributed by atoms with Crippen molar-refractivity contribution < 1.29 is 26.4 Å². The Morgan fingerprint density at radius 3 is 2.34 bits per heavy atom. The topological polar surface area (TPSA) is 190 Å². The summed E-state index contributed by atoms with van der Waals surface area (Å²) in [6.07, 6.45) is 2.74. The average Bonchev–Trinajstić information content (AvgIpc) is 2.64. The third-order valence-electron chi connectivity index (χ3n) is 3.53. The first-order valence-electron chi connectivity index (χ1n) is 7.48. The fourth-order valence-corrected chi connectivity index (χ4v) is 4.53. The molecule has 152 valence electrons. The van der Waals surface area contributed by atoms with Crippen molar-refractivity contribution in [1.29, 1.82) is 0 Å². The van der Waals surface area contributed by atoms with Gasteiger partial charge in [0.2, 0.25) is 15.9 Å². The van der Waals surface area contributed by atoms with Gasteiger partial charge in [0, 0.05) is 18.0 Å². The number of hydrogen-bond acceptors (Lipinski definition) is 8. The van der Waals surface area contributed by atoms with Gasteiger partial charge in [0.05, 0.1) is 10.7 Å². The molecule has 1 aromatic carbocycles. The lowest BCUT2D eigenvalue weighted by atomic mass is 10.2. The van der Waals surface area contributed by atoms with Crippen LogP contribution in [0.2, 0.25) is 5.02 Å². The molecule has 1 aromatic heterocycles. The van der Waals surface area contributed by atoms with Crippen molar-refractivity contribution in [1.82, 2.24) is 15.8 Å². The molecule has 2 amide bonds. The second-order valence-corrected chi connectivity index (χ2v) is 9.02. The van der Waals surface area contributed by atoms with Gasteiger partial charge in [-0.2, -0.15) is 8.42 Å². The second kappa shape index (κ2) is 7.40. The molecule has 5 N–H and O–H groups in total. The van der Waals surface area contributed by atoms with Crippen LogP contribution in [0.5, 0.6) is 0 Å². The normalized spacial score (nSPS) is 14.8. The highest BCUT2D eigenvalue weighted by atomic mass is 35.5. The van der Waals surface area contributed by atoms with Crippen molar-refractivity contribution in [2.45, 2.75) is 9.79 Å². The van der Waals surface area contributed by atoms with Crippen LogP contribution < -0.4 is 21.3 Å². The molecule has 0 atom stereocenters. The molecule has 15 heteroatoms. The van der Waals surface area contributed by atoms with Gasteiger partial charge in [-0.3, -0.25) is 25.4 Å². The van der Waals surface area contributed by atoms with Gasteiger partial charge in [-0.05, 0) is 24.3 Å². The fraction of sp³-hybridized carbons (Fsp3) is 0. The molecule has 0 unspecified atom stereocenters. The van der Waals surface area contributed by atoms with Gasteiger partial charge in [0.1, 0.15) is 9.79 Å². The Morgan fingerprint density at radius 2 is 1.72 bits per heavy atom. The smallest absolute Gasteiger partial charge is 0.306 e. The largest absolute Gasteiger partial charge is 0.334 e. The number of halogens is 1. The molecular weight excluding hydrogens is 448 g/mol. The van der Waals surface area contributed by atoms with E-state index in [0.29, 0.717) is 0 Å². The van der Waals surface area contributed by atoms with Crippen LogP contribution in [0.15, 0.2) is 50.8 Å². The molecule has 1 aliphatic heterocycles. The molecule has 2 heterocycles. The quantitative estimate of drug-likeness (QED) is 0.436. The summed E-state index contributed by atoms with van der Waals surface area (Å²) in [5.74, 6) is -2.43. The third-order valence-corrected chi connectivity index (χ3v) is 6.22. The lowest BCUT2D eigenvalue weighted by molar-refractivity contribution is -0.115. The van der Waals surface area contributed by atoms with Crippen LogP contribution in [0.1, 0.15) is 10.4 Å². The highest BCUT2D eigenvalue weighted by Crippen LogP contribution is 2.34. The molecule has 0 spiro atoms. The number of aromatic nitrogens is 1. The van der Waals surface area contributed by atoms with Crippen LogP contribution >= 0.6 is 11.6 Å². The van der Waals surface area contributed by atoms with Crippen LogP contribution in [-0.2, 0) is 24.8 Å². The van der Waals surface area contributed by atoms with E-state index in [4.69, 9.17) is 16.7 Å². The molecule has 1 aliphatic rings. The van der Waals surface area contributed by atoms with Crippen LogP contribution in [0.25, 0.3) is 0 Å².